The third-order valence-electron chi connectivity index (χ3n) is 3.84. The molecule has 3 rings (SSSR count). The monoisotopic (exact) mass is 315 g/mol. The molecule has 6 heteroatoms. The second kappa shape index (κ2) is 7.39. The predicted octanol–water partition coefficient (Wildman–Crippen LogP) is 1.98. The van der Waals surface area contributed by atoms with Gasteiger partial charge in [0.25, 0.3) is 0 Å². The summed E-state index contributed by atoms with van der Waals surface area (Å²) in [5, 5.41) is 16.4. The number of hydrogen-bond acceptors (Lipinski definition) is 6. The van der Waals surface area contributed by atoms with E-state index < -0.39 is 0 Å². The number of aliphatic hydroxyl groups excluding tert-OH is 1. The van der Waals surface area contributed by atoms with Crippen molar-refractivity contribution in [2.75, 3.05) is 6.61 Å². The Morgan fingerprint density at radius 3 is 2.78 bits per heavy atom. The summed E-state index contributed by atoms with van der Waals surface area (Å²) in [5.74, 6) is 2.14. The molecular weight excluding hydrogens is 294 g/mol. The van der Waals surface area contributed by atoms with Crippen LogP contribution in [0.15, 0.2) is 40.9 Å². The van der Waals surface area contributed by atoms with Crippen molar-refractivity contribution in [3.8, 4) is 5.75 Å². The summed E-state index contributed by atoms with van der Waals surface area (Å²) in [6, 6.07) is 8.28. The van der Waals surface area contributed by atoms with Gasteiger partial charge in [0.2, 0.25) is 11.7 Å². The summed E-state index contributed by atoms with van der Waals surface area (Å²) < 4.78 is 10.5. The average Bonchev–Trinajstić information content (AvgIpc) is 3.20. The van der Waals surface area contributed by atoms with Gasteiger partial charge in [-0.15, -0.1) is 0 Å². The molecule has 0 saturated carbocycles. The number of aryl methyl sites for hydroxylation is 1. The molecule has 0 amide bonds. The molecule has 0 saturated heterocycles. The second-order valence-electron chi connectivity index (χ2n) is 5.71. The van der Waals surface area contributed by atoms with Gasteiger partial charge in [-0.25, -0.2) is 0 Å². The molecular formula is C17H21N3O3. The van der Waals surface area contributed by atoms with Crippen LogP contribution in [-0.2, 0) is 13.2 Å². The van der Waals surface area contributed by atoms with Crippen LogP contribution in [0, 0.1) is 12.8 Å². The lowest BCUT2D eigenvalue weighted by Gasteiger charge is -2.13. The fourth-order valence-electron chi connectivity index (χ4n) is 2.56. The number of nitrogens with zero attached hydrogens (tertiary/aromatic N) is 2. The molecule has 0 fully saturated rings. The zero-order chi connectivity index (χ0) is 16.1. The van der Waals surface area contributed by atoms with Gasteiger partial charge >= 0.3 is 0 Å². The zero-order valence-electron chi connectivity index (χ0n) is 13.1. The highest BCUT2D eigenvalue weighted by Crippen LogP contribution is 2.18. The van der Waals surface area contributed by atoms with Gasteiger partial charge in [-0.05, 0) is 24.1 Å². The molecule has 1 aliphatic carbocycles. The Morgan fingerprint density at radius 1 is 1.30 bits per heavy atom. The highest BCUT2D eigenvalue weighted by Gasteiger charge is 2.17. The summed E-state index contributed by atoms with van der Waals surface area (Å²) in [5.41, 5.74) is 1.19. The molecule has 1 aliphatic rings. The number of aromatic nitrogens is 2. The molecule has 2 aromatic rings. The molecule has 0 aliphatic heterocycles. The first kappa shape index (κ1) is 15.7. The molecule has 23 heavy (non-hydrogen) atoms. The molecule has 1 aromatic carbocycles. The van der Waals surface area contributed by atoms with Crippen LogP contribution >= 0.6 is 0 Å². The number of benzene rings is 1. The van der Waals surface area contributed by atoms with E-state index in [0.29, 0.717) is 24.4 Å². The third kappa shape index (κ3) is 4.40. The van der Waals surface area contributed by atoms with E-state index >= 15 is 0 Å². The Hall–Kier alpha value is -2.18. The van der Waals surface area contributed by atoms with E-state index in [2.05, 4.69) is 27.6 Å². The lowest BCUT2D eigenvalue weighted by Crippen LogP contribution is -2.26. The van der Waals surface area contributed by atoms with E-state index in [9.17, 15) is 0 Å². The molecule has 2 N–H and O–H groups in total. The fraction of sp³-hybridized carbons (Fsp3) is 0.412. The van der Waals surface area contributed by atoms with Gasteiger partial charge in [-0.3, -0.25) is 0 Å². The zero-order valence-corrected chi connectivity index (χ0v) is 13.1. The van der Waals surface area contributed by atoms with Crippen molar-refractivity contribution in [1.82, 2.24) is 15.5 Å². The summed E-state index contributed by atoms with van der Waals surface area (Å²) in [6.45, 7) is 3.06. The van der Waals surface area contributed by atoms with E-state index in [-0.39, 0.29) is 12.5 Å². The highest BCUT2D eigenvalue weighted by atomic mass is 16.5. The Labute approximate surface area is 135 Å². The van der Waals surface area contributed by atoms with Crippen molar-refractivity contribution in [2.45, 2.75) is 32.5 Å². The standard InChI is InChI=1S/C17H21N3O3/c1-12-19-17(20-23-12)11-22-16-6-3-13(4-7-16)9-18-15-5-2-14(8-15)10-21/h2-7,14-15,18,21H,8-11H2,1H3/t14-,15+/m0/s1. The van der Waals surface area contributed by atoms with Crippen LogP contribution in [0.3, 0.4) is 0 Å². The number of hydrogen-bond donors (Lipinski definition) is 2. The van der Waals surface area contributed by atoms with Crippen molar-refractivity contribution in [2.24, 2.45) is 5.92 Å². The van der Waals surface area contributed by atoms with Crippen LogP contribution in [0.25, 0.3) is 0 Å². The predicted molar refractivity (Wildman–Crippen MR) is 84.8 cm³/mol. The topological polar surface area (TPSA) is 80.4 Å². The molecule has 0 spiro atoms. The van der Waals surface area contributed by atoms with E-state index in [1.54, 1.807) is 6.92 Å². The van der Waals surface area contributed by atoms with E-state index in [1.165, 1.54) is 5.56 Å². The Bertz CT molecular complexity index is 651. The summed E-state index contributed by atoms with van der Waals surface area (Å²) in [6.07, 6.45) is 5.17. The smallest absolute Gasteiger partial charge is 0.223 e. The van der Waals surface area contributed by atoms with Crippen LogP contribution in [0.5, 0.6) is 5.75 Å². The third-order valence-corrected chi connectivity index (χ3v) is 3.84. The Kier molecular flexibility index (Phi) is 5.05. The first-order valence-electron chi connectivity index (χ1n) is 7.76. The largest absolute Gasteiger partial charge is 0.485 e. The maximum Gasteiger partial charge on any atom is 0.223 e. The second-order valence-corrected chi connectivity index (χ2v) is 5.71. The SMILES string of the molecule is Cc1nc(COc2ccc(CN[C@@H]3C=C[C@H](CO)C3)cc2)no1. The van der Waals surface area contributed by atoms with Gasteiger partial charge in [0.1, 0.15) is 5.75 Å². The molecule has 0 bridgehead atoms. The average molecular weight is 315 g/mol. The maximum atomic E-state index is 9.13. The quantitative estimate of drug-likeness (QED) is 0.761. The van der Waals surface area contributed by atoms with Crippen LogP contribution in [0.1, 0.15) is 23.7 Å². The molecule has 1 aromatic heterocycles. The number of aliphatic hydroxyl groups is 1. The Balaban J connectivity index is 1.44. The van der Waals surface area contributed by atoms with E-state index in [0.717, 1.165) is 18.7 Å². The van der Waals surface area contributed by atoms with Crippen molar-refractivity contribution < 1.29 is 14.4 Å². The highest BCUT2D eigenvalue weighted by molar-refractivity contribution is 5.27. The van der Waals surface area contributed by atoms with Crippen molar-refractivity contribution in [1.29, 1.82) is 0 Å². The lowest BCUT2D eigenvalue weighted by atomic mass is 10.1. The minimum Gasteiger partial charge on any atom is -0.485 e. The van der Waals surface area contributed by atoms with Crippen molar-refractivity contribution in [3.05, 3.63) is 53.7 Å². The summed E-state index contributed by atoms with van der Waals surface area (Å²) >= 11 is 0. The van der Waals surface area contributed by atoms with Gasteiger partial charge in [0.05, 0.1) is 0 Å². The first-order valence-corrected chi connectivity index (χ1v) is 7.76. The molecule has 0 unspecified atom stereocenters. The lowest BCUT2D eigenvalue weighted by molar-refractivity contribution is 0.246. The van der Waals surface area contributed by atoms with E-state index in [1.807, 2.05) is 24.3 Å². The van der Waals surface area contributed by atoms with Crippen molar-refractivity contribution in [3.63, 3.8) is 0 Å². The van der Waals surface area contributed by atoms with Gasteiger partial charge < -0.3 is 19.7 Å². The van der Waals surface area contributed by atoms with Gasteiger partial charge in [0.15, 0.2) is 6.61 Å². The maximum absolute atomic E-state index is 9.13. The van der Waals surface area contributed by atoms with Crippen LogP contribution in [0.2, 0.25) is 0 Å². The molecule has 1 heterocycles. The molecule has 0 radical (unpaired) electrons. The van der Waals surface area contributed by atoms with Crippen LogP contribution in [0.4, 0.5) is 0 Å². The minimum absolute atomic E-state index is 0.223. The molecule has 2 atom stereocenters. The van der Waals surface area contributed by atoms with Crippen LogP contribution in [-0.4, -0.2) is 27.9 Å². The van der Waals surface area contributed by atoms with Crippen molar-refractivity contribution >= 4 is 0 Å². The van der Waals surface area contributed by atoms with Crippen LogP contribution < -0.4 is 10.1 Å². The van der Waals surface area contributed by atoms with Gasteiger partial charge in [0, 0.05) is 32.0 Å². The number of rotatable bonds is 7. The Morgan fingerprint density at radius 2 is 2.13 bits per heavy atom. The minimum atomic E-state index is 0.223. The summed E-state index contributed by atoms with van der Waals surface area (Å²) in [4.78, 5) is 4.09. The fourth-order valence-corrected chi connectivity index (χ4v) is 2.56. The first-order chi connectivity index (χ1) is 11.2. The summed E-state index contributed by atoms with van der Waals surface area (Å²) in [7, 11) is 0. The number of ether oxygens (including phenoxy) is 1. The van der Waals surface area contributed by atoms with Gasteiger partial charge in [-0.1, -0.05) is 29.4 Å². The number of nitrogens with one attached hydrogen (secondary N) is 1. The van der Waals surface area contributed by atoms with Gasteiger partial charge in [-0.2, -0.15) is 4.98 Å². The van der Waals surface area contributed by atoms with E-state index in [4.69, 9.17) is 14.4 Å². The normalized spacial score (nSPS) is 20.1. The molecule has 6 nitrogen and oxygen atoms in total. The molecule has 122 valence electrons.